The van der Waals surface area contributed by atoms with E-state index in [0.29, 0.717) is 32.2 Å². The number of benzene rings is 1. The number of morpholine rings is 1. The zero-order valence-corrected chi connectivity index (χ0v) is 28.4. The summed E-state index contributed by atoms with van der Waals surface area (Å²) in [5.74, 6) is 1.49. The molecule has 0 amide bonds. The van der Waals surface area contributed by atoms with Crippen molar-refractivity contribution in [1.82, 2.24) is 20.1 Å². The number of H-pyrrole nitrogens is 1. The summed E-state index contributed by atoms with van der Waals surface area (Å²) in [5.41, 5.74) is 6.59. The molecule has 2 saturated heterocycles. The summed E-state index contributed by atoms with van der Waals surface area (Å²) in [4.78, 5) is 23.2. The highest BCUT2D eigenvalue weighted by molar-refractivity contribution is 5.72. The van der Waals surface area contributed by atoms with Crippen molar-refractivity contribution in [2.75, 3.05) is 75.9 Å². The lowest BCUT2D eigenvalue weighted by Crippen LogP contribution is -2.36. The minimum absolute atomic E-state index is 0.0131. The Morgan fingerprint density at radius 1 is 1.11 bits per heavy atom. The number of anilines is 2. The van der Waals surface area contributed by atoms with Crippen molar-refractivity contribution < 1.29 is 19.0 Å². The molecule has 3 aliphatic heterocycles. The van der Waals surface area contributed by atoms with Gasteiger partial charge < -0.3 is 29.3 Å². The number of ether oxygens (including phenoxy) is 3. The minimum Gasteiger partial charge on any atom is -0.463 e. The van der Waals surface area contributed by atoms with Crippen LogP contribution in [0.15, 0.2) is 42.6 Å². The van der Waals surface area contributed by atoms with E-state index in [1.807, 2.05) is 26.8 Å². The van der Waals surface area contributed by atoms with Gasteiger partial charge in [0.05, 0.1) is 37.5 Å². The number of hydrogen-bond donors (Lipinski definition) is 2. The number of carbonyl (C=O) groups excluding carboxylic acids is 1. The molecular formula is C37H52N6O4. The van der Waals surface area contributed by atoms with Gasteiger partial charge in [-0.25, -0.2) is 4.98 Å². The third-order valence-corrected chi connectivity index (χ3v) is 9.50. The van der Waals surface area contributed by atoms with Crippen molar-refractivity contribution in [2.24, 2.45) is 5.92 Å². The average Bonchev–Trinajstić information content (AvgIpc) is 3.78. The second-order valence-electron chi connectivity index (χ2n) is 14.3. The molecule has 2 aromatic heterocycles. The van der Waals surface area contributed by atoms with Crippen molar-refractivity contribution in [2.45, 2.75) is 70.8 Å². The maximum absolute atomic E-state index is 13.3. The van der Waals surface area contributed by atoms with E-state index in [9.17, 15) is 4.79 Å². The van der Waals surface area contributed by atoms with Crippen LogP contribution in [0.5, 0.6) is 0 Å². The van der Waals surface area contributed by atoms with E-state index in [2.05, 4.69) is 55.6 Å². The number of pyridine rings is 1. The molecule has 0 radical (unpaired) electrons. The molecular weight excluding hydrogens is 592 g/mol. The summed E-state index contributed by atoms with van der Waals surface area (Å²) in [6.07, 6.45) is 7.68. The fraction of sp³-hybridized carbons (Fsp3) is 0.595. The van der Waals surface area contributed by atoms with Gasteiger partial charge >= 0.3 is 5.97 Å². The van der Waals surface area contributed by atoms with Gasteiger partial charge in [-0.1, -0.05) is 6.07 Å². The Morgan fingerprint density at radius 2 is 1.98 bits per heavy atom. The second kappa shape index (κ2) is 15.6. The van der Waals surface area contributed by atoms with E-state index in [1.165, 1.54) is 17.7 Å². The molecule has 3 aliphatic rings. The molecule has 0 spiro atoms. The largest absolute Gasteiger partial charge is 0.463 e. The van der Waals surface area contributed by atoms with Gasteiger partial charge in [0, 0.05) is 61.8 Å². The second-order valence-corrected chi connectivity index (χ2v) is 14.3. The van der Waals surface area contributed by atoms with E-state index in [0.717, 1.165) is 93.3 Å². The van der Waals surface area contributed by atoms with Crippen LogP contribution in [0.2, 0.25) is 0 Å². The van der Waals surface area contributed by atoms with E-state index >= 15 is 0 Å². The number of rotatable bonds is 13. The topological polar surface area (TPSA) is 105 Å². The first kappa shape index (κ1) is 33.4. The van der Waals surface area contributed by atoms with Crippen LogP contribution in [-0.2, 0) is 31.8 Å². The quantitative estimate of drug-likeness (QED) is 0.186. The Bertz CT molecular complexity index is 1450. The lowest BCUT2D eigenvalue weighted by Gasteiger charge is -2.31. The van der Waals surface area contributed by atoms with Crippen LogP contribution in [0.3, 0.4) is 0 Å². The maximum atomic E-state index is 13.3. The number of fused-ring (bicyclic) bond motifs is 1. The summed E-state index contributed by atoms with van der Waals surface area (Å²) >= 11 is 0. The summed E-state index contributed by atoms with van der Waals surface area (Å²) in [7, 11) is 0. The molecule has 0 bridgehead atoms. The first-order chi connectivity index (χ1) is 22.8. The molecule has 10 nitrogen and oxygen atoms in total. The summed E-state index contributed by atoms with van der Waals surface area (Å²) in [6, 6.07) is 13.2. The van der Waals surface area contributed by atoms with E-state index in [1.54, 1.807) is 6.20 Å². The minimum atomic E-state index is -0.267. The number of nitrogens with one attached hydrogen (secondary N) is 2. The van der Waals surface area contributed by atoms with Gasteiger partial charge in [-0.15, -0.1) is 0 Å². The monoisotopic (exact) mass is 644 g/mol. The number of nitrogens with zero attached hydrogens (tertiary/aromatic N) is 4. The summed E-state index contributed by atoms with van der Waals surface area (Å²) < 4.78 is 17.2. The smallest absolute Gasteiger partial charge is 0.306 e. The summed E-state index contributed by atoms with van der Waals surface area (Å²) in [5, 5.41) is 10.8. The molecule has 2 atom stereocenters. The molecule has 47 heavy (non-hydrogen) atoms. The summed E-state index contributed by atoms with van der Waals surface area (Å²) in [6.45, 7) is 13.7. The SMILES string of the molecule is CC(C)(C)OCCOC(=O)CC(CN1CC[C@@H](CCc2ccc3c(n2)NCCC3)C1)c1cc(-c2ccn[nH]2)cc(N2CCOCC2)c1. The van der Waals surface area contributed by atoms with Crippen molar-refractivity contribution >= 4 is 17.5 Å². The van der Waals surface area contributed by atoms with E-state index in [-0.39, 0.29) is 24.1 Å². The molecule has 0 saturated carbocycles. The van der Waals surface area contributed by atoms with Crippen molar-refractivity contribution in [3.8, 4) is 11.3 Å². The standard InChI is InChI=1S/C37H52N6O4/c1-37(2,3)47-20-19-46-35(44)24-31(29-21-30(34-10-13-39-41-34)23-33(22-29)43-15-17-45-18-16-43)26-42-14-11-27(25-42)6-8-32-9-7-28-5-4-12-38-36(28)40-32/h7,9-10,13,21-23,27,31H,4-6,8,11-12,14-20,24-26H2,1-3H3,(H,38,40)(H,39,41)/t27-,31?/m1/s1. The highest BCUT2D eigenvalue weighted by Crippen LogP contribution is 2.34. The fourth-order valence-electron chi connectivity index (χ4n) is 6.98. The van der Waals surface area contributed by atoms with Crippen molar-refractivity contribution in [1.29, 1.82) is 0 Å². The highest BCUT2D eigenvalue weighted by Gasteiger charge is 2.28. The molecule has 6 rings (SSSR count). The molecule has 2 N–H and O–H groups in total. The third kappa shape index (κ3) is 9.55. The predicted molar refractivity (Wildman–Crippen MR) is 185 cm³/mol. The molecule has 254 valence electrons. The molecule has 0 aliphatic carbocycles. The van der Waals surface area contributed by atoms with E-state index < -0.39 is 0 Å². The zero-order valence-electron chi connectivity index (χ0n) is 28.4. The highest BCUT2D eigenvalue weighted by atomic mass is 16.6. The Morgan fingerprint density at radius 3 is 2.79 bits per heavy atom. The molecule has 3 aromatic rings. The van der Waals surface area contributed by atoms with Crippen LogP contribution in [0.4, 0.5) is 11.5 Å². The van der Waals surface area contributed by atoms with Crippen LogP contribution in [0.1, 0.15) is 69.2 Å². The van der Waals surface area contributed by atoms with E-state index in [4.69, 9.17) is 19.2 Å². The third-order valence-electron chi connectivity index (χ3n) is 9.50. The number of aromatic amines is 1. The maximum Gasteiger partial charge on any atom is 0.306 e. The number of hydrogen-bond acceptors (Lipinski definition) is 9. The lowest BCUT2D eigenvalue weighted by molar-refractivity contribution is -0.147. The molecule has 10 heteroatoms. The van der Waals surface area contributed by atoms with Gasteiger partial charge in [0.2, 0.25) is 0 Å². The van der Waals surface area contributed by atoms with Crippen molar-refractivity contribution in [3.63, 3.8) is 0 Å². The molecule has 2 fully saturated rings. The van der Waals surface area contributed by atoms with Gasteiger partial charge in [-0.05, 0) is 107 Å². The van der Waals surface area contributed by atoms with Gasteiger partial charge in [-0.2, -0.15) is 5.10 Å². The number of aromatic nitrogens is 3. The Kier molecular flexibility index (Phi) is 11.1. The van der Waals surface area contributed by atoms with Crippen LogP contribution in [0.25, 0.3) is 11.3 Å². The molecule has 1 aromatic carbocycles. The number of carbonyl (C=O) groups is 1. The Balaban J connectivity index is 1.15. The Labute approximate surface area is 279 Å². The zero-order chi connectivity index (χ0) is 32.6. The first-order valence-electron chi connectivity index (χ1n) is 17.5. The Hall–Kier alpha value is -3.47. The van der Waals surface area contributed by atoms with Gasteiger partial charge in [0.15, 0.2) is 0 Å². The number of esters is 1. The van der Waals surface area contributed by atoms with Gasteiger partial charge in [0.25, 0.3) is 0 Å². The fourth-order valence-corrected chi connectivity index (χ4v) is 6.98. The normalized spacial score (nSPS) is 19.3. The van der Waals surface area contributed by atoms with Crippen molar-refractivity contribution in [3.05, 3.63) is 59.4 Å². The van der Waals surface area contributed by atoms with Crippen LogP contribution in [-0.4, -0.2) is 97.3 Å². The predicted octanol–water partition coefficient (Wildman–Crippen LogP) is 5.45. The molecule has 1 unspecified atom stereocenters. The van der Waals surface area contributed by atoms with Crippen LogP contribution < -0.4 is 10.2 Å². The van der Waals surface area contributed by atoms with Gasteiger partial charge in [-0.3, -0.25) is 9.89 Å². The first-order valence-corrected chi connectivity index (χ1v) is 17.5. The van der Waals surface area contributed by atoms with Crippen LogP contribution >= 0.6 is 0 Å². The van der Waals surface area contributed by atoms with Gasteiger partial charge in [0.1, 0.15) is 12.4 Å². The lowest BCUT2D eigenvalue weighted by atomic mass is 9.92. The molecule has 5 heterocycles. The average molecular weight is 645 g/mol. The van der Waals surface area contributed by atoms with Crippen LogP contribution in [0, 0.1) is 5.92 Å². The number of likely N-dealkylation sites (tertiary alicyclic amines) is 1. The number of aryl methyl sites for hydroxylation is 2.